The fraction of sp³-hybridized carbons (Fsp3) is 0.375. The van der Waals surface area contributed by atoms with Crippen molar-refractivity contribution in [1.82, 2.24) is 14.9 Å². The van der Waals surface area contributed by atoms with Crippen LogP contribution in [0.25, 0.3) is 0 Å². The Morgan fingerprint density at radius 2 is 2.54 bits per heavy atom. The summed E-state index contributed by atoms with van der Waals surface area (Å²) in [6.45, 7) is 1.68. The fourth-order valence-electron chi connectivity index (χ4n) is 1.20. The van der Waals surface area contributed by atoms with Gasteiger partial charge in [0.2, 0.25) is 0 Å². The van der Waals surface area contributed by atoms with Crippen LogP contribution >= 0.6 is 11.8 Å². The second-order valence-corrected chi connectivity index (χ2v) is 3.86. The minimum atomic E-state index is 0.651. The minimum absolute atomic E-state index is 0.651. The zero-order chi connectivity index (χ0) is 9.10. The molecule has 1 saturated heterocycles. The third kappa shape index (κ3) is 1.98. The van der Waals surface area contributed by atoms with Gasteiger partial charge in [0.25, 0.3) is 0 Å². The van der Waals surface area contributed by atoms with Gasteiger partial charge in [-0.15, -0.1) is 0 Å². The molecule has 0 aromatic carbocycles. The van der Waals surface area contributed by atoms with Gasteiger partial charge in [-0.25, -0.2) is 9.97 Å². The Kier molecular flexibility index (Phi) is 2.44. The number of hydrogen-bond acceptors (Lipinski definition) is 4. The molecule has 0 spiro atoms. The monoisotopic (exact) mass is 194 g/mol. The van der Waals surface area contributed by atoms with Crippen molar-refractivity contribution in [2.75, 3.05) is 12.3 Å². The van der Waals surface area contributed by atoms with E-state index in [9.17, 15) is 0 Å². The number of hydrogen-bond donors (Lipinski definition) is 1. The zero-order valence-electron chi connectivity index (χ0n) is 7.10. The van der Waals surface area contributed by atoms with E-state index in [0.717, 1.165) is 24.5 Å². The number of aromatic nitrogens is 2. The zero-order valence-corrected chi connectivity index (χ0v) is 7.92. The highest BCUT2D eigenvalue weighted by Gasteiger charge is 2.17. The van der Waals surface area contributed by atoms with Gasteiger partial charge in [0, 0.05) is 18.5 Å². The van der Waals surface area contributed by atoms with Gasteiger partial charge < -0.3 is 4.90 Å². The SMILES string of the molecule is N=C1SCCN1Cc1ccncn1. The Bertz CT molecular complexity index is 300. The Morgan fingerprint density at radius 3 is 3.15 bits per heavy atom. The summed E-state index contributed by atoms with van der Waals surface area (Å²) in [4.78, 5) is 9.99. The number of nitrogens with one attached hydrogen (secondary N) is 1. The van der Waals surface area contributed by atoms with Crippen LogP contribution in [0.1, 0.15) is 5.69 Å². The Balaban J connectivity index is 2.02. The van der Waals surface area contributed by atoms with Crippen LogP contribution < -0.4 is 0 Å². The summed E-state index contributed by atoms with van der Waals surface area (Å²) >= 11 is 1.59. The molecule has 68 valence electrons. The number of amidine groups is 1. The third-order valence-corrected chi connectivity index (χ3v) is 2.80. The lowest BCUT2D eigenvalue weighted by Crippen LogP contribution is -2.23. The fourth-order valence-corrected chi connectivity index (χ4v) is 2.05. The summed E-state index contributed by atoms with van der Waals surface area (Å²) in [7, 11) is 0. The molecule has 0 radical (unpaired) electrons. The van der Waals surface area contributed by atoms with Crippen LogP contribution in [-0.2, 0) is 6.54 Å². The molecule has 0 aliphatic carbocycles. The standard InChI is InChI=1S/C8H10N4S/c9-8-12(3-4-13-8)5-7-1-2-10-6-11-7/h1-2,6,9H,3-5H2. The Morgan fingerprint density at radius 1 is 1.62 bits per heavy atom. The largest absolute Gasteiger partial charge is 0.345 e. The van der Waals surface area contributed by atoms with E-state index in [1.165, 1.54) is 0 Å². The van der Waals surface area contributed by atoms with Crippen LogP contribution in [0, 0.1) is 5.41 Å². The highest BCUT2D eigenvalue weighted by molar-refractivity contribution is 8.14. The minimum Gasteiger partial charge on any atom is -0.345 e. The lowest BCUT2D eigenvalue weighted by molar-refractivity contribution is 0.447. The molecule has 4 nitrogen and oxygen atoms in total. The lowest BCUT2D eigenvalue weighted by atomic mass is 10.4. The van der Waals surface area contributed by atoms with Crippen LogP contribution in [0.3, 0.4) is 0 Å². The van der Waals surface area contributed by atoms with Gasteiger partial charge in [0.05, 0.1) is 12.2 Å². The molecule has 0 amide bonds. The first kappa shape index (κ1) is 8.50. The maximum Gasteiger partial charge on any atom is 0.156 e. The Labute approximate surface area is 80.9 Å². The Hall–Kier alpha value is -1.10. The summed E-state index contributed by atoms with van der Waals surface area (Å²) in [5.74, 6) is 1.02. The highest BCUT2D eigenvalue weighted by Crippen LogP contribution is 2.17. The van der Waals surface area contributed by atoms with E-state index < -0.39 is 0 Å². The second-order valence-electron chi connectivity index (χ2n) is 2.78. The van der Waals surface area contributed by atoms with E-state index in [-0.39, 0.29) is 0 Å². The van der Waals surface area contributed by atoms with Crippen LogP contribution in [0.4, 0.5) is 0 Å². The van der Waals surface area contributed by atoms with Gasteiger partial charge in [-0.1, -0.05) is 11.8 Å². The maximum absolute atomic E-state index is 7.60. The van der Waals surface area contributed by atoms with E-state index in [4.69, 9.17) is 5.41 Å². The van der Waals surface area contributed by atoms with Crippen LogP contribution in [0.15, 0.2) is 18.6 Å². The van der Waals surface area contributed by atoms with Gasteiger partial charge in [-0.2, -0.15) is 0 Å². The van der Waals surface area contributed by atoms with Gasteiger partial charge in [0.1, 0.15) is 6.33 Å². The van der Waals surface area contributed by atoms with E-state index in [1.807, 2.05) is 11.0 Å². The summed E-state index contributed by atoms with van der Waals surface area (Å²) in [6.07, 6.45) is 3.28. The molecule has 0 unspecified atom stereocenters. The van der Waals surface area contributed by atoms with Gasteiger partial charge in [-0.05, 0) is 6.07 Å². The molecule has 2 rings (SSSR count). The van der Waals surface area contributed by atoms with Crippen molar-refractivity contribution in [3.8, 4) is 0 Å². The molecule has 0 saturated carbocycles. The normalized spacial score (nSPS) is 16.6. The molecule has 1 aliphatic rings. The average molecular weight is 194 g/mol. The number of rotatable bonds is 2. The molecule has 1 aromatic heterocycles. The molecular weight excluding hydrogens is 184 g/mol. The predicted molar refractivity (Wildman–Crippen MR) is 52.6 cm³/mol. The first-order valence-electron chi connectivity index (χ1n) is 4.07. The number of thioether (sulfide) groups is 1. The summed E-state index contributed by atoms with van der Waals surface area (Å²) in [5.41, 5.74) is 0.974. The van der Waals surface area contributed by atoms with Crippen molar-refractivity contribution in [1.29, 1.82) is 5.41 Å². The molecule has 1 fully saturated rings. The maximum atomic E-state index is 7.60. The molecule has 1 aliphatic heterocycles. The predicted octanol–water partition coefficient (Wildman–Crippen LogP) is 0.960. The van der Waals surface area contributed by atoms with Gasteiger partial charge >= 0.3 is 0 Å². The molecule has 2 heterocycles. The van der Waals surface area contributed by atoms with Crippen molar-refractivity contribution >= 4 is 16.9 Å². The quantitative estimate of drug-likeness (QED) is 0.762. The highest BCUT2D eigenvalue weighted by atomic mass is 32.2. The summed E-state index contributed by atoms with van der Waals surface area (Å²) < 4.78 is 0. The second kappa shape index (κ2) is 3.74. The first-order chi connectivity index (χ1) is 6.36. The first-order valence-corrected chi connectivity index (χ1v) is 5.06. The smallest absolute Gasteiger partial charge is 0.156 e. The van der Waals surface area contributed by atoms with Crippen LogP contribution in [-0.4, -0.2) is 32.3 Å². The van der Waals surface area contributed by atoms with E-state index in [1.54, 1.807) is 24.3 Å². The molecular formula is C8H10N4S. The molecule has 0 atom stereocenters. The molecule has 1 aromatic rings. The third-order valence-electron chi connectivity index (χ3n) is 1.88. The molecule has 1 N–H and O–H groups in total. The summed E-state index contributed by atoms with van der Waals surface area (Å²) in [5, 5.41) is 8.25. The summed E-state index contributed by atoms with van der Waals surface area (Å²) in [6, 6.07) is 1.89. The van der Waals surface area contributed by atoms with Crippen LogP contribution in [0.2, 0.25) is 0 Å². The van der Waals surface area contributed by atoms with E-state index >= 15 is 0 Å². The van der Waals surface area contributed by atoms with Crippen LogP contribution in [0.5, 0.6) is 0 Å². The van der Waals surface area contributed by atoms with Gasteiger partial charge in [-0.3, -0.25) is 5.41 Å². The molecule has 13 heavy (non-hydrogen) atoms. The average Bonchev–Trinajstić information content (AvgIpc) is 2.54. The van der Waals surface area contributed by atoms with Crippen molar-refractivity contribution in [2.45, 2.75) is 6.54 Å². The lowest BCUT2D eigenvalue weighted by Gasteiger charge is -2.15. The number of nitrogens with zero attached hydrogens (tertiary/aromatic N) is 3. The van der Waals surface area contributed by atoms with E-state index in [0.29, 0.717) is 5.17 Å². The van der Waals surface area contributed by atoms with Crippen molar-refractivity contribution in [2.24, 2.45) is 0 Å². The van der Waals surface area contributed by atoms with Gasteiger partial charge in [0.15, 0.2) is 5.17 Å². The topological polar surface area (TPSA) is 52.9 Å². The molecule has 5 heteroatoms. The van der Waals surface area contributed by atoms with Crippen molar-refractivity contribution in [3.63, 3.8) is 0 Å². The molecule has 0 bridgehead atoms. The van der Waals surface area contributed by atoms with Crippen molar-refractivity contribution in [3.05, 3.63) is 24.3 Å². The van der Waals surface area contributed by atoms with E-state index in [2.05, 4.69) is 9.97 Å². The van der Waals surface area contributed by atoms with Crippen molar-refractivity contribution < 1.29 is 0 Å².